The number of anilines is 3. The van der Waals surface area contributed by atoms with Gasteiger partial charge >= 0.3 is 0 Å². The Morgan fingerprint density at radius 3 is 2.44 bits per heavy atom. The molecule has 2 heterocycles. The smallest absolute Gasteiger partial charge is 0.119 e. The lowest BCUT2D eigenvalue weighted by molar-refractivity contribution is 0.257. The lowest BCUT2D eigenvalue weighted by Crippen LogP contribution is -2.51. The Kier molecular flexibility index (Phi) is 4.65. The molecular formula is C20H26N4O. The number of nitrogens with zero attached hydrogens (tertiary/aromatic N) is 3. The van der Waals surface area contributed by atoms with E-state index in [1.807, 2.05) is 12.1 Å². The van der Waals surface area contributed by atoms with Crippen LogP contribution in [-0.2, 0) is 0 Å². The second-order valence-electron chi connectivity index (χ2n) is 6.65. The predicted molar refractivity (Wildman–Crippen MR) is 104 cm³/mol. The number of hydrogen-bond donors (Lipinski definition) is 1. The van der Waals surface area contributed by atoms with Crippen LogP contribution in [0.15, 0.2) is 48.5 Å². The molecule has 4 rings (SSSR count). The summed E-state index contributed by atoms with van der Waals surface area (Å²) in [7, 11) is 1.71. The second kappa shape index (κ2) is 7.23. The Morgan fingerprint density at radius 2 is 1.68 bits per heavy atom. The molecule has 1 saturated heterocycles. The minimum Gasteiger partial charge on any atom is -0.497 e. The van der Waals surface area contributed by atoms with Gasteiger partial charge in [0.25, 0.3) is 0 Å². The van der Waals surface area contributed by atoms with E-state index in [4.69, 9.17) is 4.74 Å². The van der Waals surface area contributed by atoms with Gasteiger partial charge in [-0.05, 0) is 36.4 Å². The summed E-state index contributed by atoms with van der Waals surface area (Å²) in [6, 6.07) is 17.0. The van der Waals surface area contributed by atoms with Crippen LogP contribution in [-0.4, -0.2) is 57.9 Å². The monoisotopic (exact) mass is 338 g/mol. The van der Waals surface area contributed by atoms with Crippen molar-refractivity contribution in [2.75, 3.05) is 68.2 Å². The van der Waals surface area contributed by atoms with Crippen molar-refractivity contribution in [3.05, 3.63) is 48.5 Å². The maximum Gasteiger partial charge on any atom is 0.119 e. The lowest BCUT2D eigenvalue weighted by atomic mass is 10.2. The van der Waals surface area contributed by atoms with E-state index in [1.165, 1.54) is 17.1 Å². The summed E-state index contributed by atoms with van der Waals surface area (Å²) in [5, 5.41) is 3.49. The molecule has 0 aliphatic carbocycles. The van der Waals surface area contributed by atoms with E-state index < -0.39 is 0 Å². The molecule has 1 fully saturated rings. The average molecular weight is 338 g/mol. The third-order valence-corrected chi connectivity index (χ3v) is 5.12. The number of nitrogens with one attached hydrogen (secondary N) is 1. The number of benzene rings is 2. The van der Waals surface area contributed by atoms with Crippen LogP contribution in [0.4, 0.5) is 17.1 Å². The van der Waals surface area contributed by atoms with E-state index in [0.717, 1.165) is 51.7 Å². The fourth-order valence-electron chi connectivity index (χ4n) is 3.67. The Morgan fingerprint density at radius 1 is 0.920 bits per heavy atom. The summed E-state index contributed by atoms with van der Waals surface area (Å²) >= 11 is 0. The minimum atomic E-state index is 0.916. The van der Waals surface area contributed by atoms with Crippen molar-refractivity contribution in [3.8, 4) is 5.75 Å². The highest BCUT2D eigenvalue weighted by molar-refractivity contribution is 5.71. The average Bonchev–Trinajstić information content (AvgIpc) is 2.69. The number of ether oxygens (including phenoxy) is 1. The summed E-state index contributed by atoms with van der Waals surface area (Å²) in [6.07, 6.45) is 0. The Hall–Kier alpha value is -2.40. The minimum absolute atomic E-state index is 0.916. The van der Waals surface area contributed by atoms with Crippen LogP contribution in [0.1, 0.15) is 0 Å². The molecule has 0 unspecified atom stereocenters. The number of piperazine rings is 1. The van der Waals surface area contributed by atoms with Crippen molar-refractivity contribution in [1.29, 1.82) is 0 Å². The summed E-state index contributed by atoms with van der Waals surface area (Å²) < 4.78 is 5.25. The number of para-hydroxylation sites is 2. The fourth-order valence-corrected chi connectivity index (χ4v) is 3.67. The van der Waals surface area contributed by atoms with E-state index >= 15 is 0 Å². The van der Waals surface area contributed by atoms with Gasteiger partial charge in [-0.25, -0.2) is 0 Å². The van der Waals surface area contributed by atoms with Gasteiger partial charge in [-0.2, -0.15) is 0 Å². The molecule has 2 aromatic rings. The summed E-state index contributed by atoms with van der Waals surface area (Å²) in [5.41, 5.74) is 3.87. The van der Waals surface area contributed by atoms with Crippen molar-refractivity contribution >= 4 is 17.1 Å². The molecule has 5 heteroatoms. The van der Waals surface area contributed by atoms with Crippen LogP contribution in [0.3, 0.4) is 0 Å². The second-order valence-corrected chi connectivity index (χ2v) is 6.65. The first-order chi connectivity index (χ1) is 12.3. The molecule has 0 amide bonds. The molecular weight excluding hydrogens is 312 g/mol. The molecule has 25 heavy (non-hydrogen) atoms. The van der Waals surface area contributed by atoms with Gasteiger partial charge in [0.1, 0.15) is 5.75 Å². The first-order valence-electron chi connectivity index (χ1n) is 9.03. The van der Waals surface area contributed by atoms with Gasteiger partial charge in [0.2, 0.25) is 0 Å². The Bertz CT molecular complexity index is 695. The molecule has 2 aliphatic heterocycles. The van der Waals surface area contributed by atoms with Crippen molar-refractivity contribution in [1.82, 2.24) is 4.90 Å². The Labute approximate surface area is 149 Å². The van der Waals surface area contributed by atoms with Gasteiger partial charge in [-0.1, -0.05) is 12.1 Å². The molecule has 0 spiro atoms. The van der Waals surface area contributed by atoms with Crippen LogP contribution in [0.2, 0.25) is 0 Å². The van der Waals surface area contributed by atoms with Gasteiger partial charge in [0.05, 0.1) is 25.2 Å². The first kappa shape index (κ1) is 16.1. The van der Waals surface area contributed by atoms with Crippen LogP contribution >= 0.6 is 0 Å². The third-order valence-electron chi connectivity index (χ3n) is 5.12. The fraction of sp³-hybridized carbons (Fsp3) is 0.400. The predicted octanol–water partition coefficient (Wildman–Crippen LogP) is 2.71. The quantitative estimate of drug-likeness (QED) is 0.926. The van der Waals surface area contributed by atoms with E-state index in [9.17, 15) is 0 Å². The maximum atomic E-state index is 5.25. The third kappa shape index (κ3) is 3.51. The SMILES string of the molecule is COc1ccc(N2CCN(CN3CCNc4ccccc43)CC2)cc1. The number of hydrogen-bond acceptors (Lipinski definition) is 5. The van der Waals surface area contributed by atoms with Gasteiger partial charge in [0.15, 0.2) is 0 Å². The highest BCUT2D eigenvalue weighted by Crippen LogP contribution is 2.28. The van der Waals surface area contributed by atoms with Gasteiger partial charge in [0, 0.05) is 45.0 Å². The standard InChI is InChI=1S/C20H26N4O/c1-25-18-8-6-17(7-9-18)23-14-12-22(13-15-23)16-24-11-10-21-19-4-2-3-5-20(19)24/h2-9,21H,10-16H2,1H3. The maximum absolute atomic E-state index is 5.25. The largest absolute Gasteiger partial charge is 0.497 e. The number of fused-ring (bicyclic) bond motifs is 1. The number of rotatable bonds is 4. The summed E-state index contributed by atoms with van der Waals surface area (Å²) in [4.78, 5) is 7.51. The zero-order valence-electron chi connectivity index (χ0n) is 14.8. The van der Waals surface area contributed by atoms with Gasteiger partial charge < -0.3 is 19.9 Å². The molecule has 2 aromatic carbocycles. The molecule has 1 N–H and O–H groups in total. The summed E-state index contributed by atoms with van der Waals surface area (Å²) in [6.45, 7) is 7.42. The topological polar surface area (TPSA) is 31.0 Å². The zero-order chi connectivity index (χ0) is 17.1. The number of methoxy groups -OCH3 is 1. The van der Waals surface area contributed by atoms with E-state index in [0.29, 0.717) is 0 Å². The van der Waals surface area contributed by atoms with Gasteiger partial charge in [-0.15, -0.1) is 0 Å². The molecule has 0 aromatic heterocycles. The van der Waals surface area contributed by atoms with Crippen LogP contribution in [0, 0.1) is 0 Å². The molecule has 132 valence electrons. The van der Waals surface area contributed by atoms with E-state index in [1.54, 1.807) is 7.11 Å². The molecule has 0 bridgehead atoms. The van der Waals surface area contributed by atoms with Crippen molar-refractivity contribution in [2.45, 2.75) is 0 Å². The molecule has 0 atom stereocenters. The molecule has 2 aliphatic rings. The summed E-state index contributed by atoms with van der Waals surface area (Å²) in [5.74, 6) is 0.916. The highest BCUT2D eigenvalue weighted by Gasteiger charge is 2.22. The van der Waals surface area contributed by atoms with Crippen LogP contribution in [0.5, 0.6) is 5.75 Å². The molecule has 0 radical (unpaired) electrons. The highest BCUT2D eigenvalue weighted by atomic mass is 16.5. The zero-order valence-corrected chi connectivity index (χ0v) is 14.8. The first-order valence-corrected chi connectivity index (χ1v) is 9.03. The normalized spacial score (nSPS) is 17.8. The van der Waals surface area contributed by atoms with Crippen molar-refractivity contribution in [2.24, 2.45) is 0 Å². The van der Waals surface area contributed by atoms with Crippen LogP contribution < -0.4 is 19.9 Å². The molecule has 5 nitrogen and oxygen atoms in total. The van der Waals surface area contributed by atoms with Gasteiger partial charge in [-0.3, -0.25) is 4.90 Å². The van der Waals surface area contributed by atoms with E-state index in [-0.39, 0.29) is 0 Å². The molecule has 0 saturated carbocycles. The van der Waals surface area contributed by atoms with Crippen molar-refractivity contribution < 1.29 is 4.74 Å². The van der Waals surface area contributed by atoms with E-state index in [2.05, 4.69) is 56.4 Å². The van der Waals surface area contributed by atoms with Crippen molar-refractivity contribution in [3.63, 3.8) is 0 Å². The lowest BCUT2D eigenvalue weighted by Gasteiger charge is -2.40. The Balaban J connectivity index is 1.35. The van der Waals surface area contributed by atoms with Crippen LogP contribution in [0.25, 0.3) is 0 Å².